The van der Waals surface area contributed by atoms with Crippen LogP contribution in [0.5, 0.6) is 11.5 Å². The van der Waals surface area contributed by atoms with Crippen LogP contribution in [0.3, 0.4) is 0 Å². The highest BCUT2D eigenvalue weighted by molar-refractivity contribution is 7.95. The first-order chi connectivity index (χ1) is 11.9. The Morgan fingerprint density at radius 1 is 1.16 bits per heavy atom. The van der Waals surface area contributed by atoms with Crippen LogP contribution < -0.4 is 14.8 Å². The SMILES string of the molecule is COc1ccc(N/C=C(/C#N)S(=O)(=O)c2ccc(Cl)cc2)c(OC)c1. The van der Waals surface area contributed by atoms with Crippen molar-refractivity contribution in [2.45, 2.75) is 4.90 Å². The van der Waals surface area contributed by atoms with Crippen molar-refractivity contribution in [2.75, 3.05) is 19.5 Å². The fourth-order valence-electron chi connectivity index (χ4n) is 1.97. The van der Waals surface area contributed by atoms with E-state index in [2.05, 4.69) is 5.32 Å². The lowest BCUT2D eigenvalue weighted by Crippen LogP contribution is -2.06. The van der Waals surface area contributed by atoms with Gasteiger partial charge in [0.1, 0.15) is 17.6 Å². The molecule has 0 aliphatic carbocycles. The average Bonchev–Trinajstić information content (AvgIpc) is 2.62. The fourth-order valence-corrected chi connectivity index (χ4v) is 3.18. The first-order valence-electron chi connectivity index (χ1n) is 7.02. The highest BCUT2D eigenvalue weighted by atomic mass is 35.5. The smallest absolute Gasteiger partial charge is 0.218 e. The highest BCUT2D eigenvalue weighted by Gasteiger charge is 2.21. The highest BCUT2D eigenvalue weighted by Crippen LogP contribution is 2.29. The molecule has 0 unspecified atom stereocenters. The van der Waals surface area contributed by atoms with Crippen molar-refractivity contribution in [2.24, 2.45) is 0 Å². The predicted octanol–water partition coefficient (Wildman–Crippen LogP) is 3.61. The standard InChI is InChI=1S/C17H15ClN2O4S/c1-23-13-5-8-16(17(9-13)24-2)20-11-15(10-19)25(21,22)14-6-3-12(18)4-7-14/h3-9,11,20H,1-2H3/b15-11-. The maximum absolute atomic E-state index is 12.5. The summed E-state index contributed by atoms with van der Waals surface area (Å²) in [5.74, 6) is 1.03. The van der Waals surface area contributed by atoms with Gasteiger partial charge in [-0.25, -0.2) is 8.42 Å². The minimum absolute atomic E-state index is 0.0202. The van der Waals surface area contributed by atoms with Gasteiger partial charge in [-0.05, 0) is 36.4 Å². The molecule has 2 rings (SSSR count). The van der Waals surface area contributed by atoms with Crippen LogP contribution >= 0.6 is 11.6 Å². The van der Waals surface area contributed by atoms with Crippen LogP contribution in [-0.4, -0.2) is 22.6 Å². The molecule has 0 saturated heterocycles. The number of nitriles is 1. The summed E-state index contributed by atoms with van der Waals surface area (Å²) in [6.07, 6.45) is 1.12. The van der Waals surface area contributed by atoms with Gasteiger partial charge in [0.25, 0.3) is 0 Å². The van der Waals surface area contributed by atoms with Crippen LogP contribution in [0, 0.1) is 11.3 Å². The molecule has 2 aromatic carbocycles. The molecule has 25 heavy (non-hydrogen) atoms. The molecule has 0 radical (unpaired) electrons. The summed E-state index contributed by atoms with van der Waals surface area (Å²) in [6.45, 7) is 0. The lowest BCUT2D eigenvalue weighted by atomic mass is 10.2. The number of allylic oxidation sites excluding steroid dienone is 1. The number of rotatable bonds is 6. The largest absolute Gasteiger partial charge is 0.497 e. The van der Waals surface area contributed by atoms with Crippen molar-refractivity contribution in [3.05, 3.63) is 58.6 Å². The summed E-state index contributed by atoms with van der Waals surface area (Å²) >= 11 is 5.76. The zero-order valence-corrected chi connectivity index (χ0v) is 15.1. The molecule has 0 aromatic heterocycles. The Kier molecular flexibility index (Phi) is 5.91. The topological polar surface area (TPSA) is 88.4 Å². The number of nitrogens with one attached hydrogen (secondary N) is 1. The second kappa shape index (κ2) is 7.92. The van der Waals surface area contributed by atoms with Crippen molar-refractivity contribution in [3.63, 3.8) is 0 Å². The van der Waals surface area contributed by atoms with Gasteiger partial charge >= 0.3 is 0 Å². The van der Waals surface area contributed by atoms with Crippen LogP contribution in [0.2, 0.25) is 5.02 Å². The number of anilines is 1. The van der Waals surface area contributed by atoms with Gasteiger partial charge in [-0.15, -0.1) is 0 Å². The van der Waals surface area contributed by atoms with Crippen LogP contribution in [0.4, 0.5) is 5.69 Å². The molecular formula is C17H15ClN2O4S. The molecule has 8 heteroatoms. The Labute approximate surface area is 151 Å². The second-order valence-electron chi connectivity index (χ2n) is 4.79. The summed E-state index contributed by atoms with van der Waals surface area (Å²) in [5, 5.41) is 12.4. The van der Waals surface area contributed by atoms with Crippen molar-refractivity contribution < 1.29 is 17.9 Å². The summed E-state index contributed by atoms with van der Waals surface area (Å²) in [4.78, 5) is -0.458. The van der Waals surface area contributed by atoms with Gasteiger partial charge in [-0.1, -0.05) is 11.6 Å². The van der Waals surface area contributed by atoms with Gasteiger partial charge in [0.2, 0.25) is 9.84 Å². The lowest BCUT2D eigenvalue weighted by Gasteiger charge is -2.10. The summed E-state index contributed by atoms with van der Waals surface area (Å²) in [5.41, 5.74) is 0.488. The van der Waals surface area contributed by atoms with Crippen molar-refractivity contribution in [3.8, 4) is 17.6 Å². The summed E-state index contributed by atoms with van der Waals surface area (Å²) in [6, 6.07) is 12.2. The van der Waals surface area contributed by atoms with Crippen LogP contribution in [0.25, 0.3) is 0 Å². The van der Waals surface area contributed by atoms with E-state index in [-0.39, 0.29) is 4.90 Å². The number of halogens is 1. The third kappa shape index (κ3) is 4.24. The summed E-state index contributed by atoms with van der Waals surface area (Å²) < 4.78 is 35.4. The Hall–Kier alpha value is -2.69. The zero-order chi connectivity index (χ0) is 18.4. The van der Waals surface area contributed by atoms with Crippen LogP contribution in [0.1, 0.15) is 0 Å². The monoisotopic (exact) mass is 378 g/mol. The molecule has 0 saturated carbocycles. The van der Waals surface area contributed by atoms with Crippen LogP contribution in [-0.2, 0) is 9.84 Å². The lowest BCUT2D eigenvalue weighted by molar-refractivity contribution is 0.395. The van der Waals surface area contributed by atoms with Gasteiger partial charge in [-0.2, -0.15) is 5.26 Å². The molecule has 0 heterocycles. The Morgan fingerprint density at radius 3 is 2.40 bits per heavy atom. The molecular weight excluding hydrogens is 364 g/mol. The molecule has 1 N–H and O–H groups in total. The number of methoxy groups -OCH3 is 2. The fraction of sp³-hybridized carbons (Fsp3) is 0.118. The molecule has 0 aliphatic heterocycles. The second-order valence-corrected chi connectivity index (χ2v) is 7.14. The number of benzene rings is 2. The molecule has 0 aliphatic rings. The third-order valence-corrected chi connectivity index (χ3v) is 5.22. The third-order valence-electron chi connectivity index (χ3n) is 3.29. The van der Waals surface area contributed by atoms with Crippen molar-refractivity contribution >= 4 is 27.1 Å². The van der Waals surface area contributed by atoms with E-state index in [1.807, 2.05) is 0 Å². The Balaban J connectivity index is 2.35. The van der Waals surface area contributed by atoms with E-state index in [4.69, 9.17) is 21.1 Å². The first kappa shape index (κ1) is 18.6. The van der Waals surface area contributed by atoms with E-state index in [1.165, 1.54) is 38.5 Å². The zero-order valence-electron chi connectivity index (χ0n) is 13.5. The molecule has 0 fully saturated rings. The Bertz CT molecular complexity index is 932. The molecule has 2 aromatic rings. The van der Waals surface area contributed by atoms with Crippen molar-refractivity contribution in [1.29, 1.82) is 5.26 Å². The van der Waals surface area contributed by atoms with Gasteiger partial charge in [0.15, 0.2) is 4.91 Å². The Morgan fingerprint density at radius 2 is 1.84 bits per heavy atom. The van der Waals surface area contributed by atoms with E-state index in [0.29, 0.717) is 22.2 Å². The maximum atomic E-state index is 12.5. The molecule has 0 spiro atoms. The predicted molar refractivity (Wildman–Crippen MR) is 95.5 cm³/mol. The minimum Gasteiger partial charge on any atom is -0.497 e. The van der Waals surface area contributed by atoms with Crippen LogP contribution in [0.15, 0.2) is 58.5 Å². The van der Waals surface area contributed by atoms with Gasteiger partial charge in [-0.3, -0.25) is 0 Å². The normalized spacial score (nSPS) is 11.5. The van der Waals surface area contributed by atoms with E-state index in [9.17, 15) is 13.7 Å². The van der Waals surface area contributed by atoms with Gasteiger partial charge in [0, 0.05) is 17.3 Å². The number of ether oxygens (including phenoxy) is 2. The molecule has 0 atom stereocenters. The number of hydrogen-bond acceptors (Lipinski definition) is 6. The van der Waals surface area contributed by atoms with E-state index >= 15 is 0 Å². The maximum Gasteiger partial charge on any atom is 0.218 e. The first-order valence-corrected chi connectivity index (χ1v) is 8.88. The summed E-state index contributed by atoms with van der Waals surface area (Å²) in [7, 11) is -0.963. The molecule has 130 valence electrons. The minimum atomic E-state index is -3.96. The molecule has 6 nitrogen and oxygen atoms in total. The number of nitrogens with zero attached hydrogens (tertiary/aromatic N) is 1. The van der Waals surface area contributed by atoms with E-state index < -0.39 is 14.7 Å². The van der Waals surface area contributed by atoms with Crippen molar-refractivity contribution in [1.82, 2.24) is 0 Å². The van der Waals surface area contributed by atoms with E-state index in [1.54, 1.807) is 24.3 Å². The number of hydrogen-bond donors (Lipinski definition) is 1. The molecule has 0 bridgehead atoms. The average molecular weight is 379 g/mol. The molecule has 0 amide bonds. The quantitative estimate of drug-likeness (QED) is 0.772. The van der Waals surface area contributed by atoms with Gasteiger partial charge < -0.3 is 14.8 Å². The van der Waals surface area contributed by atoms with Gasteiger partial charge in [0.05, 0.1) is 24.8 Å². The van der Waals surface area contributed by atoms with E-state index in [0.717, 1.165) is 6.20 Å². The number of sulfone groups is 1.